The van der Waals surface area contributed by atoms with Crippen LogP contribution in [-0.4, -0.2) is 21.9 Å². The first-order valence-corrected chi connectivity index (χ1v) is 11.5. The molecule has 0 atom stereocenters. The maximum absolute atomic E-state index is 11.3. The highest BCUT2D eigenvalue weighted by atomic mass is 16.5. The summed E-state index contributed by atoms with van der Waals surface area (Å²) in [6, 6.07) is 17.1. The van der Waals surface area contributed by atoms with Crippen molar-refractivity contribution in [3.8, 4) is 17.2 Å². The molecule has 0 spiro atoms. The SMILES string of the molecule is CC(=O)c1ncc(Oc2ccc(C3(c4ccc(OC5CCC5)cc4)CCCC3)cc2)cn1. The first-order valence-electron chi connectivity index (χ1n) is 11.5. The number of rotatable bonds is 7. The van der Waals surface area contributed by atoms with E-state index in [1.54, 1.807) is 0 Å². The molecule has 1 aromatic heterocycles. The minimum atomic E-state index is -0.162. The lowest BCUT2D eigenvalue weighted by molar-refractivity contribution is 0.100. The number of hydrogen-bond acceptors (Lipinski definition) is 5. The van der Waals surface area contributed by atoms with Crippen LogP contribution in [0.15, 0.2) is 60.9 Å². The van der Waals surface area contributed by atoms with E-state index in [1.807, 2.05) is 12.1 Å². The fourth-order valence-corrected chi connectivity index (χ4v) is 4.78. The number of benzene rings is 2. The number of aromatic nitrogens is 2. The molecule has 2 aliphatic carbocycles. The molecule has 2 aliphatic rings. The molecule has 2 aromatic carbocycles. The Kier molecular flexibility index (Phi) is 5.64. The summed E-state index contributed by atoms with van der Waals surface area (Å²) in [6.07, 6.45) is 11.9. The summed E-state index contributed by atoms with van der Waals surface area (Å²) in [4.78, 5) is 19.4. The highest BCUT2D eigenvalue weighted by molar-refractivity contribution is 5.90. The zero-order valence-corrected chi connectivity index (χ0v) is 18.4. The molecule has 1 heterocycles. The predicted molar refractivity (Wildman–Crippen MR) is 123 cm³/mol. The number of Topliss-reactive ketones (excluding diaryl/α,β-unsaturated/α-hetero) is 1. The Labute approximate surface area is 188 Å². The second kappa shape index (κ2) is 8.73. The molecule has 5 rings (SSSR count). The topological polar surface area (TPSA) is 61.3 Å². The van der Waals surface area contributed by atoms with Crippen LogP contribution in [0.1, 0.15) is 73.6 Å². The van der Waals surface area contributed by atoms with E-state index in [9.17, 15) is 4.79 Å². The van der Waals surface area contributed by atoms with Gasteiger partial charge in [0.25, 0.3) is 0 Å². The van der Waals surface area contributed by atoms with Crippen LogP contribution in [0, 0.1) is 0 Å². The quantitative estimate of drug-likeness (QED) is 0.416. The van der Waals surface area contributed by atoms with E-state index < -0.39 is 0 Å². The Morgan fingerprint density at radius 2 is 1.38 bits per heavy atom. The van der Waals surface area contributed by atoms with Crippen LogP contribution in [-0.2, 0) is 5.41 Å². The summed E-state index contributed by atoms with van der Waals surface area (Å²) >= 11 is 0. The van der Waals surface area contributed by atoms with E-state index in [2.05, 4.69) is 46.4 Å². The molecule has 2 saturated carbocycles. The first kappa shape index (κ1) is 20.7. The lowest BCUT2D eigenvalue weighted by Crippen LogP contribution is -2.25. The molecule has 0 bridgehead atoms. The molecule has 0 N–H and O–H groups in total. The largest absolute Gasteiger partial charge is 0.490 e. The van der Waals surface area contributed by atoms with Crippen molar-refractivity contribution in [2.45, 2.75) is 63.4 Å². The van der Waals surface area contributed by atoms with Gasteiger partial charge in [-0.25, -0.2) is 9.97 Å². The van der Waals surface area contributed by atoms with Gasteiger partial charge in [0.15, 0.2) is 17.4 Å². The Bertz CT molecular complexity index is 1070. The van der Waals surface area contributed by atoms with Crippen LogP contribution < -0.4 is 9.47 Å². The molecule has 32 heavy (non-hydrogen) atoms. The average molecular weight is 429 g/mol. The average Bonchev–Trinajstić information content (AvgIpc) is 3.29. The van der Waals surface area contributed by atoms with Crippen molar-refractivity contribution in [2.75, 3.05) is 0 Å². The van der Waals surface area contributed by atoms with Gasteiger partial charge in [-0.1, -0.05) is 37.1 Å². The van der Waals surface area contributed by atoms with Crippen LogP contribution in [0.2, 0.25) is 0 Å². The van der Waals surface area contributed by atoms with E-state index in [0.29, 0.717) is 11.9 Å². The molecule has 3 aromatic rings. The maximum atomic E-state index is 11.3. The van der Waals surface area contributed by atoms with Gasteiger partial charge >= 0.3 is 0 Å². The molecule has 0 aliphatic heterocycles. The van der Waals surface area contributed by atoms with E-state index in [-0.39, 0.29) is 17.0 Å². The Balaban J connectivity index is 1.33. The van der Waals surface area contributed by atoms with Gasteiger partial charge in [-0.2, -0.15) is 0 Å². The van der Waals surface area contributed by atoms with E-state index in [4.69, 9.17) is 9.47 Å². The molecule has 0 radical (unpaired) electrons. The van der Waals surface area contributed by atoms with E-state index in [1.165, 1.54) is 62.5 Å². The lowest BCUT2D eigenvalue weighted by Gasteiger charge is -2.31. The highest BCUT2D eigenvalue weighted by Gasteiger charge is 2.37. The second-order valence-electron chi connectivity index (χ2n) is 8.91. The second-order valence-corrected chi connectivity index (χ2v) is 8.91. The summed E-state index contributed by atoms with van der Waals surface area (Å²) in [6.45, 7) is 1.45. The Hall–Kier alpha value is -3.21. The Morgan fingerprint density at radius 3 is 1.88 bits per heavy atom. The minimum absolute atomic E-state index is 0.0414. The van der Waals surface area contributed by atoms with Crippen molar-refractivity contribution in [1.29, 1.82) is 0 Å². The highest BCUT2D eigenvalue weighted by Crippen LogP contribution is 2.47. The molecule has 2 fully saturated rings. The molecule has 5 heteroatoms. The van der Waals surface area contributed by atoms with Gasteiger partial charge in [-0.15, -0.1) is 0 Å². The predicted octanol–water partition coefficient (Wildman–Crippen LogP) is 6.26. The summed E-state index contributed by atoms with van der Waals surface area (Å²) in [7, 11) is 0. The van der Waals surface area contributed by atoms with Crippen LogP contribution >= 0.6 is 0 Å². The summed E-state index contributed by atoms with van der Waals surface area (Å²) in [5, 5.41) is 0. The third-order valence-electron chi connectivity index (χ3n) is 6.80. The fourth-order valence-electron chi connectivity index (χ4n) is 4.78. The zero-order chi connectivity index (χ0) is 22.0. The van der Waals surface area contributed by atoms with Gasteiger partial charge in [0, 0.05) is 12.3 Å². The van der Waals surface area contributed by atoms with Gasteiger partial charge in [-0.3, -0.25) is 4.79 Å². The van der Waals surface area contributed by atoms with Gasteiger partial charge in [0.1, 0.15) is 11.5 Å². The van der Waals surface area contributed by atoms with Gasteiger partial charge in [-0.05, 0) is 67.5 Å². The van der Waals surface area contributed by atoms with Gasteiger partial charge in [0.2, 0.25) is 0 Å². The zero-order valence-electron chi connectivity index (χ0n) is 18.4. The van der Waals surface area contributed by atoms with Crippen molar-refractivity contribution in [1.82, 2.24) is 9.97 Å². The number of ketones is 1. The normalized spacial score (nSPS) is 17.5. The number of hydrogen-bond donors (Lipinski definition) is 0. The molecule has 5 nitrogen and oxygen atoms in total. The maximum Gasteiger partial charge on any atom is 0.196 e. The van der Waals surface area contributed by atoms with Crippen LogP contribution in [0.3, 0.4) is 0 Å². The van der Waals surface area contributed by atoms with Crippen LogP contribution in [0.5, 0.6) is 17.2 Å². The number of nitrogens with zero attached hydrogens (tertiary/aromatic N) is 2. The molecule has 0 saturated heterocycles. The smallest absolute Gasteiger partial charge is 0.196 e. The van der Waals surface area contributed by atoms with E-state index in [0.717, 1.165) is 24.3 Å². The number of carbonyl (C=O) groups is 1. The lowest BCUT2D eigenvalue weighted by atomic mass is 9.73. The monoisotopic (exact) mass is 428 g/mol. The molecular weight excluding hydrogens is 400 g/mol. The third-order valence-corrected chi connectivity index (χ3v) is 6.80. The molecular formula is C27H28N2O3. The van der Waals surface area contributed by atoms with Crippen LogP contribution in [0.25, 0.3) is 0 Å². The minimum Gasteiger partial charge on any atom is -0.490 e. The molecule has 0 unspecified atom stereocenters. The Morgan fingerprint density at radius 1 is 0.812 bits per heavy atom. The number of ether oxygens (including phenoxy) is 2. The molecule has 164 valence electrons. The molecule has 0 amide bonds. The summed E-state index contributed by atoms with van der Waals surface area (Å²) in [5.74, 6) is 2.25. The summed E-state index contributed by atoms with van der Waals surface area (Å²) in [5.41, 5.74) is 2.72. The van der Waals surface area contributed by atoms with Crippen molar-refractivity contribution in [3.63, 3.8) is 0 Å². The van der Waals surface area contributed by atoms with Crippen molar-refractivity contribution in [3.05, 3.63) is 77.9 Å². The van der Waals surface area contributed by atoms with Crippen molar-refractivity contribution >= 4 is 5.78 Å². The number of carbonyl (C=O) groups excluding carboxylic acids is 1. The third kappa shape index (κ3) is 4.12. The summed E-state index contributed by atoms with van der Waals surface area (Å²) < 4.78 is 11.9. The van der Waals surface area contributed by atoms with Crippen molar-refractivity contribution in [2.24, 2.45) is 0 Å². The standard InChI is InChI=1S/C27H28N2O3/c1-19(30)26-28-17-25(18-29-26)32-24-13-9-21(10-14-24)27(15-2-3-16-27)20-7-11-23(12-8-20)31-22-5-4-6-22/h7-14,17-18,22H,2-6,15-16H2,1H3. The van der Waals surface area contributed by atoms with Gasteiger partial charge < -0.3 is 9.47 Å². The van der Waals surface area contributed by atoms with E-state index >= 15 is 0 Å². The fraction of sp³-hybridized carbons (Fsp3) is 0.370. The van der Waals surface area contributed by atoms with Gasteiger partial charge in [0.05, 0.1) is 18.5 Å². The van der Waals surface area contributed by atoms with Crippen LogP contribution in [0.4, 0.5) is 0 Å². The first-order chi connectivity index (χ1) is 15.6. The van der Waals surface area contributed by atoms with Crippen molar-refractivity contribution < 1.29 is 14.3 Å².